The van der Waals surface area contributed by atoms with Gasteiger partial charge in [0.1, 0.15) is 0 Å². The summed E-state index contributed by atoms with van der Waals surface area (Å²) >= 11 is 4.13. The van der Waals surface area contributed by atoms with Crippen LogP contribution in [-0.2, 0) is 4.74 Å². The first-order valence-electron chi connectivity index (χ1n) is 9.95. The van der Waals surface area contributed by atoms with E-state index < -0.39 is 5.60 Å². The topological polar surface area (TPSA) is 49.7 Å². The highest BCUT2D eigenvalue weighted by Crippen LogP contribution is 2.73. The molecule has 5 fully saturated rings. The lowest BCUT2D eigenvalue weighted by atomic mass is 9.44. The molecule has 4 aliphatic carbocycles. The van der Waals surface area contributed by atoms with E-state index in [-0.39, 0.29) is 27.4 Å². The van der Waals surface area contributed by atoms with Crippen LogP contribution >= 0.6 is 15.9 Å². The van der Waals surface area contributed by atoms with E-state index in [2.05, 4.69) is 29.8 Å². The minimum Gasteiger partial charge on any atom is -0.393 e. The van der Waals surface area contributed by atoms with Crippen molar-refractivity contribution in [3.63, 3.8) is 0 Å². The molecule has 0 aromatic rings. The van der Waals surface area contributed by atoms with Crippen LogP contribution in [0.4, 0.5) is 0 Å². The van der Waals surface area contributed by atoms with Crippen molar-refractivity contribution in [2.45, 2.75) is 87.3 Å². The number of aliphatic hydroxyl groups excluding tert-OH is 1. The molecule has 1 saturated heterocycles. The Morgan fingerprint density at radius 2 is 1.79 bits per heavy atom. The molecule has 136 valence electrons. The van der Waals surface area contributed by atoms with Gasteiger partial charge in [0.05, 0.1) is 28.7 Å². The van der Waals surface area contributed by atoms with Gasteiger partial charge in [-0.2, -0.15) is 0 Å². The Kier molecular flexibility index (Phi) is 3.30. The van der Waals surface area contributed by atoms with E-state index in [0.29, 0.717) is 17.8 Å². The number of rotatable bonds is 0. The molecule has 0 aromatic heterocycles. The number of hydrogen-bond acceptors (Lipinski definition) is 3. The van der Waals surface area contributed by atoms with Crippen molar-refractivity contribution in [2.75, 3.05) is 6.61 Å². The maximum absolute atomic E-state index is 11.0. The zero-order chi connectivity index (χ0) is 17.0. The van der Waals surface area contributed by atoms with Crippen molar-refractivity contribution >= 4 is 15.9 Å². The third-order valence-electron chi connectivity index (χ3n) is 9.53. The molecule has 1 heterocycles. The summed E-state index contributed by atoms with van der Waals surface area (Å²) in [5.74, 6) is 2.01. The highest BCUT2D eigenvalue weighted by Gasteiger charge is 2.72. The van der Waals surface area contributed by atoms with Crippen molar-refractivity contribution < 1.29 is 14.9 Å². The molecular formula is C20H31BrO3. The molecule has 4 saturated carbocycles. The highest BCUT2D eigenvalue weighted by molar-refractivity contribution is 9.10. The van der Waals surface area contributed by atoms with Crippen molar-refractivity contribution in [1.29, 1.82) is 0 Å². The summed E-state index contributed by atoms with van der Waals surface area (Å²) in [5.41, 5.74) is -0.230. The zero-order valence-electron chi connectivity index (χ0n) is 14.9. The Morgan fingerprint density at radius 3 is 2.58 bits per heavy atom. The standard InChI is InChI=1S/C20H31BrO3/c1-17-6-4-15-13(14(17)5-7-18(17,2)23)9-16-20(21)10-12(22)3-8-19(15,20)11-24-16/h12-16,22-23H,3-11H2,1-2H3/t12-,13-,14-,15-,16+,17-,18-,19-,20-/m0/s1. The van der Waals surface area contributed by atoms with Gasteiger partial charge in [-0.3, -0.25) is 0 Å². The highest BCUT2D eigenvalue weighted by atomic mass is 79.9. The second-order valence-corrected chi connectivity index (χ2v) is 11.5. The fraction of sp³-hybridized carbons (Fsp3) is 1.00. The fourth-order valence-electron chi connectivity index (χ4n) is 7.95. The lowest BCUT2D eigenvalue weighted by Gasteiger charge is -2.63. The lowest BCUT2D eigenvalue weighted by Crippen LogP contribution is -2.64. The van der Waals surface area contributed by atoms with Gasteiger partial charge < -0.3 is 14.9 Å². The zero-order valence-corrected chi connectivity index (χ0v) is 16.5. The first-order valence-corrected chi connectivity index (χ1v) is 10.7. The monoisotopic (exact) mass is 398 g/mol. The van der Waals surface area contributed by atoms with E-state index in [1.807, 2.05) is 0 Å². The molecule has 24 heavy (non-hydrogen) atoms. The Labute approximate surface area is 153 Å². The SMILES string of the molecule is C[C@]1(O)CC[C@H]2[C@@H]3C[C@H]4OC[C@@]5(CC[C@H](O)C[C@]45Br)[C@H]3CC[C@@]21C. The normalized spacial score (nSPS) is 65.1. The molecule has 5 rings (SSSR count). The molecule has 1 aliphatic heterocycles. The molecule has 2 N–H and O–H groups in total. The summed E-state index contributed by atoms with van der Waals surface area (Å²) in [7, 11) is 0. The second kappa shape index (κ2) is 4.79. The van der Waals surface area contributed by atoms with Crippen LogP contribution in [0.2, 0.25) is 0 Å². The van der Waals surface area contributed by atoms with Crippen LogP contribution in [0.25, 0.3) is 0 Å². The van der Waals surface area contributed by atoms with Gasteiger partial charge in [0.2, 0.25) is 0 Å². The average Bonchev–Trinajstić information content (AvgIpc) is 2.84. The molecule has 0 amide bonds. The Balaban J connectivity index is 1.55. The first kappa shape index (κ1) is 16.5. The molecule has 0 radical (unpaired) electrons. The summed E-state index contributed by atoms with van der Waals surface area (Å²) in [4.78, 5) is 0. The Bertz CT molecular complexity index is 565. The average molecular weight is 399 g/mol. The van der Waals surface area contributed by atoms with Gasteiger partial charge in [-0.25, -0.2) is 0 Å². The van der Waals surface area contributed by atoms with E-state index in [1.54, 1.807) is 0 Å². The minimum atomic E-state index is -0.508. The molecular weight excluding hydrogens is 368 g/mol. The maximum Gasteiger partial charge on any atom is 0.0738 e. The van der Waals surface area contributed by atoms with E-state index in [9.17, 15) is 10.2 Å². The van der Waals surface area contributed by atoms with Gasteiger partial charge in [-0.05, 0) is 81.5 Å². The second-order valence-electron chi connectivity index (χ2n) is 10.1. The predicted molar refractivity (Wildman–Crippen MR) is 96.0 cm³/mol. The lowest BCUT2D eigenvalue weighted by molar-refractivity contribution is -0.138. The summed E-state index contributed by atoms with van der Waals surface area (Å²) in [6.45, 7) is 5.30. The van der Waals surface area contributed by atoms with E-state index in [4.69, 9.17) is 4.74 Å². The number of alkyl halides is 1. The van der Waals surface area contributed by atoms with E-state index >= 15 is 0 Å². The summed E-state index contributed by atoms with van der Waals surface area (Å²) in [6.07, 6.45) is 8.52. The molecule has 0 unspecified atom stereocenters. The van der Waals surface area contributed by atoms with Crippen LogP contribution in [0.1, 0.15) is 65.2 Å². The van der Waals surface area contributed by atoms with Crippen LogP contribution in [0, 0.1) is 28.6 Å². The van der Waals surface area contributed by atoms with Gasteiger partial charge in [-0.1, -0.05) is 22.9 Å². The molecule has 3 nitrogen and oxygen atoms in total. The molecule has 0 spiro atoms. The van der Waals surface area contributed by atoms with Crippen molar-refractivity contribution in [1.82, 2.24) is 0 Å². The minimum absolute atomic E-state index is 0.0201. The first-order chi connectivity index (χ1) is 11.2. The maximum atomic E-state index is 11.0. The molecule has 0 aromatic carbocycles. The number of ether oxygens (including phenoxy) is 1. The number of halogens is 1. The van der Waals surface area contributed by atoms with Crippen LogP contribution in [0.3, 0.4) is 0 Å². The quantitative estimate of drug-likeness (QED) is 0.612. The number of aliphatic hydroxyl groups is 2. The van der Waals surface area contributed by atoms with Gasteiger partial charge in [0.25, 0.3) is 0 Å². The fourth-order valence-corrected chi connectivity index (χ4v) is 9.25. The molecule has 2 bridgehead atoms. The van der Waals surface area contributed by atoms with Crippen molar-refractivity contribution in [3.8, 4) is 0 Å². The molecule has 4 heteroatoms. The smallest absolute Gasteiger partial charge is 0.0738 e. The third-order valence-corrected chi connectivity index (χ3v) is 11.2. The predicted octanol–water partition coefficient (Wildman–Crippen LogP) is 3.65. The van der Waals surface area contributed by atoms with Gasteiger partial charge >= 0.3 is 0 Å². The van der Waals surface area contributed by atoms with Crippen LogP contribution < -0.4 is 0 Å². The third kappa shape index (κ3) is 1.70. The van der Waals surface area contributed by atoms with Gasteiger partial charge in [0, 0.05) is 5.41 Å². The Morgan fingerprint density at radius 1 is 1.04 bits per heavy atom. The van der Waals surface area contributed by atoms with E-state index in [1.165, 1.54) is 12.8 Å². The van der Waals surface area contributed by atoms with Crippen molar-refractivity contribution in [3.05, 3.63) is 0 Å². The largest absolute Gasteiger partial charge is 0.393 e. The summed E-state index contributed by atoms with van der Waals surface area (Å²) in [5, 5.41) is 21.3. The van der Waals surface area contributed by atoms with Gasteiger partial charge in [0.15, 0.2) is 0 Å². The Hall–Kier alpha value is 0.360. The molecule has 5 aliphatic rings. The number of fused-ring (bicyclic) bond motifs is 3. The summed E-state index contributed by atoms with van der Waals surface area (Å²) in [6, 6.07) is 0. The molecule has 9 atom stereocenters. The number of hydrogen-bond donors (Lipinski definition) is 2. The van der Waals surface area contributed by atoms with Crippen molar-refractivity contribution in [2.24, 2.45) is 28.6 Å². The van der Waals surface area contributed by atoms with E-state index in [0.717, 1.165) is 45.1 Å². The van der Waals surface area contributed by atoms with Crippen LogP contribution in [0.5, 0.6) is 0 Å². The summed E-state index contributed by atoms with van der Waals surface area (Å²) < 4.78 is 6.35. The van der Waals surface area contributed by atoms with Gasteiger partial charge in [-0.15, -0.1) is 0 Å². The van der Waals surface area contributed by atoms with Crippen LogP contribution in [-0.4, -0.2) is 39.0 Å². The van der Waals surface area contributed by atoms with Crippen LogP contribution in [0.15, 0.2) is 0 Å².